The molecule has 0 saturated carbocycles. The van der Waals surface area contributed by atoms with E-state index in [9.17, 15) is 14.4 Å². The Labute approximate surface area is 140 Å². The third kappa shape index (κ3) is 7.70. The highest BCUT2D eigenvalue weighted by Gasteiger charge is 2.07. The second-order valence-corrected chi connectivity index (χ2v) is 4.89. The van der Waals surface area contributed by atoms with Gasteiger partial charge in [0.05, 0.1) is 12.2 Å². The summed E-state index contributed by atoms with van der Waals surface area (Å²) in [5, 5.41) is 11.0. The largest absolute Gasteiger partial charge is 0.462 e. The zero-order valence-corrected chi connectivity index (χ0v) is 13.5. The van der Waals surface area contributed by atoms with Gasteiger partial charge in [-0.3, -0.25) is 14.8 Å². The number of unbranched alkanes of at least 4 members (excludes halogenated alkanes) is 1. The van der Waals surface area contributed by atoms with Crippen LogP contribution in [0.2, 0.25) is 0 Å². The van der Waals surface area contributed by atoms with Crippen molar-refractivity contribution < 1.29 is 29.1 Å². The maximum Gasteiger partial charge on any atom is 0.338 e. The van der Waals surface area contributed by atoms with Gasteiger partial charge in [-0.2, -0.15) is 0 Å². The molecule has 0 unspecified atom stereocenters. The molecule has 8 nitrogen and oxygen atoms in total. The molecule has 24 heavy (non-hydrogen) atoms. The average Bonchev–Trinajstić information content (AvgIpc) is 2.58. The van der Waals surface area contributed by atoms with Crippen molar-refractivity contribution in [3.8, 4) is 0 Å². The second kappa shape index (κ2) is 11.1. The van der Waals surface area contributed by atoms with Crippen molar-refractivity contribution in [1.82, 2.24) is 5.48 Å². The van der Waals surface area contributed by atoms with Crippen molar-refractivity contribution in [2.75, 3.05) is 25.1 Å². The third-order valence-electron chi connectivity index (χ3n) is 2.98. The summed E-state index contributed by atoms with van der Waals surface area (Å²) >= 11 is 0. The lowest BCUT2D eigenvalue weighted by Gasteiger charge is -2.07. The van der Waals surface area contributed by atoms with E-state index >= 15 is 0 Å². The van der Waals surface area contributed by atoms with Gasteiger partial charge in [-0.1, -0.05) is 0 Å². The second-order valence-electron chi connectivity index (χ2n) is 4.89. The number of hydrogen-bond acceptors (Lipinski definition) is 6. The molecule has 1 rings (SSSR count). The fourth-order valence-electron chi connectivity index (χ4n) is 1.81. The molecule has 1 aromatic carbocycles. The number of esters is 1. The number of amides is 2. The first-order valence-electron chi connectivity index (χ1n) is 7.64. The van der Waals surface area contributed by atoms with Gasteiger partial charge in [-0.05, 0) is 44.0 Å². The van der Waals surface area contributed by atoms with Gasteiger partial charge in [-0.25, -0.2) is 10.3 Å². The predicted octanol–water partition coefficient (Wildman–Crippen LogP) is 1.49. The van der Waals surface area contributed by atoms with Crippen LogP contribution in [0.4, 0.5) is 5.69 Å². The van der Waals surface area contributed by atoms with Crippen LogP contribution in [0.25, 0.3) is 0 Å². The number of carbonyl (C=O) groups excluding carboxylic acids is 3. The summed E-state index contributed by atoms with van der Waals surface area (Å²) < 4.78 is 10.1. The summed E-state index contributed by atoms with van der Waals surface area (Å²) in [6, 6.07) is 6.36. The Morgan fingerprint density at radius 1 is 1.08 bits per heavy atom. The molecular formula is C16H22N2O6. The molecular weight excluding hydrogens is 316 g/mol. The molecule has 0 aliphatic carbocycles. The Hall–Kier alpha value is -2.45. The molecule has 0 aromatic heterocycles. The Kier molecular flexibility index (Phi) is 9.10. The van der Waals surface area contributed by atoms with E-state index in [-0.39, 0.29) is 18.9 Å². The lowest BCUT2D eigenvalue weighted by atomic mass is 10.2. The molecule has 0 aliphatic rings. The molecule has 0 radical (unpaired) electrons. The molecule has 0 aliphatic heterocycles. The van der Waals surface area contributed by atoms with E-state index < -0.39 is 11.9 Å². The number of ether oxygens (including phenoxy) is 2. The van der Waals surface area contributed by atoms with Gasteiger partial charge in [0.2, 0.25) is 11.8 Å². The molecule has 0 bridgehead atoms. The fourth-order valence-corrected chi connectivity index (χ4v) is 1.81. The fraction of sp³-hybridized carbons (Fsp3) is 0.438. The Balaban J connectivity index is 2.23. The highest BCUT2D eigenvalue weighted by molar-refractivity contribution is 5.93. The lowest BCUT2D eigenvalue weighted by Crippen LogP contribution is -2.19. The van der Waals surface area contributed by atoms with Gasteiger partial charge in [-0.15, -0.1) is 0 Å². The number of hydrogen-bond donors (Lipinski definition) is 3. The number of hydroxylamine groups is 1. The van der Waals surface area contributed by atoms with Crippen molar-refractivity contribution in [2.45, 2.75) is 26.2 Å². The first kappa shape index (κ1) is 19.6. The third-order valence-corrected chi connectivity index (χ3v) is 2.98. The molecule has 0 heterocycles. The smallest absolute Gasteiger partial charge is 0.338 e. The minimum absolute atomic E-state index is 0.105. The topological polar surface area (TPSA) is 114 Å². The van der Waals surface area contributed by atoms with Crippen molar-refractivity contribution in [2.24, 2.45) is 0 Å². The van der Waals surface area contributed by atoms with Crippen molar-refractivity contribution in [3.05, 3.63) is 29.8 Å². The highest BCUT2D eigenvalue weighted by Crippen LogP contribution is 2.10. The SMILES string of the molecule is CCOC(=O)c1ccc(NC(=O)COCCCCC(=O)NO)cc1. The summed E-state index contributed by atoms with van der Waals surface area (Å²) in [4.78, 5) is 34.0. The first-order chi connectivity index (χ1) is 11.6. The van der Waals surface area contributed by atoms with Gasteiger partial charge < -0.3 is 14.8 Å². The standard InChI is InChI=1S/C16H22N2O6/c1-2-24-16(21)12-6-8-13(9-7-12)17-15(20)11-23-10-4-3-5-14(19)18-22/h6-9,22H,2-5,10-11H2,1H3,(H,17,20)(H,18,19). The monoisotopic (exact) mass is 338 g/mol. The van der Waals surface area contributed by atoms with Crippen LogP contribution in [0.5, 0.6) is 0 Å². The number of rotatable bonds is 10. The summed E-state index contributed by atoms with van der Waals surface area (Å²) in [7, 11) is 0. The zero-order valence-electron chi connectivity index (χ0n) is 13.5. The summed E-state index contributed by atoms with van der Waals surface area (Å²) in [6.07, 6.45) is 1.37. The van der Waals surface area contributed by atoms with Crippen LogP contribution >= 0.6 is 0 Å². The maximum atomic E-state index is 11.7. The lowest BCUT2D eigenvalue weighted by molar-refractivity contribution is -0.129. The maximum absolute atomic E-state index is 11.7. The molecule has 0 saturated heterocycles. The van der Waals surface area contributed by atoms with Gasteiger partial charge in [0.25, 0.3) is 0 Å². The Morgan fingerprint density at radius 2 is 1.79 bits per heavy atom. The van der Waals surface area contributed by atoms with E-state index in [2.05, 4.69) is 5.32 Å². The summed E-state index contributed by atoms with van der Waals surface area (Å²) in [5.74, 6) is -1.17. The molecule has 0 spiro atoms. The van der Waals surface area contributed by atoms with Crippen LogP contribution in [0.3, 0.4) is 0 Å². The van der Waals surface area contributed by atoms with E-state index in [1.54, 1.807) is 36.7 Å². The molecule has 2 amide bonds. The van der Waals surface area contributed by atoms with E-state index in [0.717, 1.165) is 0 Å². The van der Waals surface area contributed by atoms with Crippen molar-refractivity contribution in [3.63, 3.8) is 0 Å². The van der Waals surface area contributed by atoms with Crippen LogP contribution in [0.1, 0.15) is 36.5 Å². The quantitative estimate of drug-likeness (QED) is 0.258. The van der Waals surface area contributed by atoms with Crippen LogP contribution in [0.15, 0.2) is 24.3 Å². The summed E-state index contributed by atoms with van der Waals surface area (Å²) in [6.45, 7) is 2.27. The number of anilines is 1. The Bertz CT molecular complexity index is 544. The molecule has 3 N–H and O–H groups in total. The van der Waals surface area contributed by atoms with Gasteiger partial charge in [0.15, 0.2) is 0 Å². The number of carbonyl (C=O) groups is 3. The molecule has 0 fully saturated rings. The van der Waals surface area contributed by atoms with Crippen molar-refractivity contribution in [1.29, 1.82) is 0 Å². The minimum atomic E-state index is -0.445. The highest BCUT2D eigenvalue weighted by atomic mass is 16.5. The Morgan fingerprint density at radius 3 is 2.42 bits per heavy atom. The van der Waals surface area contributed by atoms with Crippen LogP contribution in [0, 0.1) is 0 Å². The average molecular weight is 338 g/mol. The van der Waals surface area contributed by atoms with E-state index in [0.29, 0.717) is 37.3 Å². The van der Waals surface area contributed by atoms with Crippen LogP contribution in [-0.4, -0.2) is 42.8 Å². The van der Waals surface area contributed by atoms with Crippen LogP contribution in [-0.2, 0) is 19.1 Å². The number of benzene rings is 1. The zero-order chi connectivity index (χ0) is 17.8. The van der Waals surface area contributed by atoms with Crippen molar-refractivity contribution >= 4 is 23.5 Å². The minimum Gasteiger partial charge on any atom is -0.462 e. The van der Waals surface area contributed by atoms with Crippen LogP contribution < -0.4 is 10.8 Å². The first-order valence-corrected chi connectivity index (χ1v) is 7.64. The van der Waals surface area contributed by atoms with Gasteiger partial charge >= 0.3 is 5.97 Å². The van der Waals surface area contributed by atoms with E-state index in [1.165, 1.54) is 0 Å². The predicted molar refractivity (Wildman–Crippen MR) is 85.6 cm³/mol. The number of nitrogens with one attached hydrogen (secondary N) is 2. The van der Waals surface area contributed by atoms with Gasteiger partial charge in [0, 0.05) is 18.7 Å². The molecule has 8 heteroatoms. The molecule has 0 atom stereocenters. The summed E-state index contributed by atoms with van der Waals surface area (Å²) in [5.41, 5.74) is 2.51. The van der Waals surface area contributed by atoms with E-state index in [4.69, 9.17) is 14.7 Å². The molecule has 1 aromatic rings. The van der Waals surface area contributed by atoms with Gasteiger partial charge in [0.1, 0.15) is 6.61 Å². The van der Waals surface area contributed by atoms with E-state index in [1.807, 2.05) is 0 Å². The molecule has 132 valence electrons. The normalized spacial score (nSPS) is 10.1.